The molecule has 3 aliphatic rings. The van der Waals surface area contributed by atoms with Crippen molar-refractivity contribution in [3.8, 4) is 0 Å². The highest BCUT2D eigenvalue weighted by Crippen LogP contribution is 2.31. The van der Waals surface area contributed by atoms with E-state index in [4.69, 9.17) is 4.74 Å². The van der Waals surface area contributed by atoms with Gasteiger partial charge in [-0.05, 0) is 50.0 Å². The van der Waals surface area contributed by atoms with Gasteiger partial charge in [0.15, 0.2) is 0 Å². The fourth-order valence-corrected chi connectivity index (χ4v) is 8.91. The zero-order valence-electron chi connectivity index (χ0n) is 40.1. The van der Waals surface area contributed by atoms with E-state index >= 15 is 0 Å². The maximum atomic E-state index is 14.3. The van der Waals surface area contributed by atoms with E-state index in [1.54, 1.807) is 38.1 Å². The number of hydrogen-bond donors (Lipinski definition) is 4. The molecule has 1 aliphatic carbocycles. The molecule has 0 spiro atoms. The van der Waals surface area contributed by atoms with Crippen LogP contribution in [0, 0.1) is 11.8 Å². The number of amides is 8. The Hall–Kier alpha value is -6.01. The number of nitrogens with zero attached hydrogens (tertiary/aromatic N) is 5. The number of rotatable bonds is 23. The second-order valence-corrected chi connectivity index (χ2v) is 18.3. The molecule has 19 heteroatoms. The molecule has 3 fully saturated rings. The lowest BCUT2D eigenvalue weighted by atomic mass is 9.84. The number of carboxylic acids is 1. The van der Waals surface area contributed by atoms with Gasteiger partial charge in [0.2, 0.25) is 41.4 Å². The molecule has 2 aliphatic heterocycles. The smallest absolute Gasteiger partial charge is 0.408 e. The number of benzene rings is 1. The minimum absolute atomic E-state index is 0.0737. The predicted octanol–water partition coefficient (Wildman–Crippen LogP) is 2.33. The first-order valence-corrected chi connectivity index (χ1v) is 23.6. The van der Waals surface area contributed by atoms with Crippen LogP contribution in [0.1, 0.15) is 97.0 Å². The molecule has 0 unspecified atom stereocenters. The average Bonchev–Trinajstić information content (AvgIpc) is 3.85. The van der Waals surface area contributed by atoms with Gasteiger partial charge in [-0.2, -0.15) is 0 Å². The van der Waals surface area contributed by atoms with Gasteiger partial charge in [0.05, 0.1) is 13.0 Å². The Morgan fingerprint density at radius 2 is 1.48 bits per heavy atom. The van der Waals surface area contributed by atoms with Crippen molar-refractivity contribution < 1.29 is 53.0 Å². The van der Waals surface area contributed by atoms with Gasteiger partial charge < -0.3 is 50.3 Å². The summed E-state index contributed by atoms with van der Waals surface area (Å²) in [5, 5.41) is 17.4. The van der Waals surface area contributed by atoms with Crippen molar-refractivity contribution in [2.24, 2.45) is 11.8 Å². The number of ether oxygens (including phenoxy) is 1. The van der Waals surface area contributed by atoms with Crippen LogP contribution in [-0.2, 0) is 49.5 Å². The normalized spacial score (nSPS) is 18.6. The summed E-state index contributed by atoms with van der Waals surface area (Å²) in [4.78, 5) is 128. The summed E-state index contributed by atoms with van der Waals surface area (Å²) < 4.78 is 5.08. The van der Waals surface area contributed by atoms with Crippen LogP contribution in [0.5, 0.6) is 0 Å². The highest BCUT2D eigenvalue weighted by atomic mass is 16.5. The molecule has 2 saturated heterocycles. The number of hydrogen-bond acceptors (Lipinski definition) is 10. The van der Waals surface area contributed by atoms with E-state index in [0.717, 1.165) is 50.5 Å². The summed E-state index contributed by atoms with van der Waals surface area (Å²) in [5.74, 6) is -5.37. The van der Waals surface area contributed by atoms with Gasteiger partial charge in [-0.15, -0.1) is 0 Å². The molecule has 19 nitrogen and oxygen atoms in total. The van der Waals surface area contributed by atoms with Gasteiger partial charge in [-0.25, -0.2) is 4.79 Å². The Morgan fingerprint density at radius 1 is 0.821 bits per heavy atom. The summed E-state index contributed by atoms with van der Waals surface area (Å²) in [7, 11) is 4.39. The topological polar surface area (TPSA) is 235 Å². The number of aliphatic carboxylic acids is 1. The van der Waals surface area contributed by atoms with Crippen molar-refractivity contribution in [1.82, 2.24) is 40.4 Å². The van der Waals surface area contributed by atoms with E-state index in [2.05, 4.69) is 22.5 Å². The van der Waals surface area contributed by atoms with Crippen LogP contribution < -0.4 is 16.0 Å². The lowest BCUT2D eigenvalue weighted by Gasteiger charge is -2.45. The minimum Gasteiger partial charge on any atom is -0.481 e. The average molecular weight is 937 g/mol. The highest BCUT2D eigenvalue weighted by Gasteiger charge is 2.45. The molecule has 1 aromatic carbocycles. The quantitative estimate of drug-likeness (QED) is 0.116. The molecule has 67 heavy (non-hydrogen) atoms. The number of nitrogens with one attached hydrogen (secondary N) is 3. The van der Waals surface area contributed by atoms with E-state index in [0.29, 0.717) is 32.4 Å². The second-order valence-electron chi connectivity index (χ2n) is 18.3. The number of alkyl carbamates (subject to hydrolysis) is 1. The zero-order chi connectivity index (χ0) is 49.4. The van der Waals surface area contributed by atoms with Gasteiger partial charge in [-0.1, -0.05) is 95.4 Å². The van der Waals surface area contributed by atoms with Crippen molar-refractivity contribution in [3.63, 3.8) is 0 Å². The summed E-state index contributed by atoms with van der Waals surface area (Å²) in [5.41, 5.74) is 0.757. The highest BCUT2D eigenvalue weighted by molar-refractivity contribution is 5.98. The molecule has 0 radical (unpaired) electrons. The van der Waals surface area contributed by atoms with E-state index in [1.807, 2.05) is 13.0 Å². The third-order valence-corrected chi connectivity index (χ3v) is 13.4. The first kappa shape index (κ1) is 53.6. The molecular weight excluding hydrogens is 865 g/mol. The largest absolute Gasteiger partial charge is 0.481 e. The third-order valence-electron chi connectivity index (χ3n) is 13.4. The summed E-state index contributed by atoms with van der Waals surface area (Å²) >= 11 is 0. The lowest BCUT2D eigenvalue weighted by molar-refractivity contribution is -0.160. The maximum Gasteiger partial charge on any atom is 0.408 e. The Labute approximate surface area is 394 Å². The maximum absolute atomic E-state index is 14.3. The number of likely N-dealkylation sites (tertiary alicyclic amines) is 2. The molecule has 7 atom stereocenters. The van der Waals surface area contributed by atoms with Crippen LogP contribution in [0.3, 0.4) is 0 Å². The monoisotopic (exact) mass is 937 g/mol. The van der Waals surface area contributed by atoms with Gasteiger partial charge in [-0.3, -0.25) is 38.4 Å². The van der Waals surface area contributed by atoms with Crippen molar-refractivity contribution in [2.75, 3.05) is 53.9 Å². The fourth-order valence-electron chi connectivity index (χ4n) is 8.91. The minimum atomic E-state index is -1.30. The first-order valence-electron chi connectivity index (χ1n) is 23.6. The first-order chi connectivity index (χ1) is 31.9. The molecule has 1 saturated carbocycles. The fraction of sp³-hybridized carbons (Fsp3) is 0.646. The van der Waals surface area contributed by atoms with Crippen LogP contribution in [-0.4, -0.2) is 173 Å². The van der Waals surface area contributed by atoms with Crippen molar-refractivity contribution in [2.45, 2.75) is 134 Å². The molecule has 1 aromatic rings. The van der Waals surface area contributed by atoms with Crippen molar-refractivity contribution >= 4 is 53.4 Å². The Morgan fingerprint density at radius 3 is 2.06 bits per heavy atom. The lowest BCUT2D eigenvalue weighted by Crippen LogP contribution is -2.65. The second kappa shape index (κ2) is 25.8. The summed E-state index contributed by atoms with van der Waals surface area (Å²) in [6.07, 6.45) is 7.49. The summed E-state index contributed by atoms with van der Waals surface area (Å²) in [6.45, 7) is 9.34. The van der Waals surface area contributed by atoms with Crippen LogP contribution in [0.25, 0.3) is 0 Å². The predicted molar refractivity (Wildman–Crippen MR) is 248 cm³/mol. The molecule has 370 valence electrons. The number of likely N-dealkylation sites (N-methyl/N-ethyl adjacent to an activating group) is 3. The molecule has 8 amide bonds. The molecule has 0 bridgehead atoms. The Balaban J connectivity index is 1.46. The molecule has 4 N–H and O–H groups in total. The Kier molecular flexibility index (Phi) is 20.6. The van der Waals surface area contributed by atoms with E-state index < -0.39 is 103 Å². The Bertz CT molecular complexity index is 1920. The van der Waals surface area contributed by atoms with E-state index in [1.165, 1.54) is 51.7 Å². The van der Waals surface area contributed by atoms with Crippen molar-refractivity contribution in [1.29, 1.82) is 0 Å². The molecule has 0 aromatic heterocycles. The van der Waals surface area contributed by atoms with Gasteiger partial charge in [0.1, 0.15) is 42.9 Å². The number of carbonyl (C=O) groups is 9. The summed E-state index contributed by atoms with van der Waals surface area (Å²) in [6, 6.07) is 2.57. The molecule has 4 rings (SSSR count). The van der Waals surface area contributed by atoms with Crippen LogP contribution in [0.15, 0.2) is 43.0 Å². The SMILES string of the molecule is C=CCOC(=O)N[C@@H](Cc1ccccc1)C(=O)N[C@H](C(=O)N(C)[C@@H](C)C(=O)N1CC[C@H]1C(=O)N(C)[C@@H](CC1CCCCC1)C(=O)N(C)CC(=O)N[C@@H](CC(=O)O)C(=O)N1CCCC1)[C@@H](C)CC. The van der Waals surface area contributed by atoms with Gasteiger partial charge >= 0.3 is 12.1 Å². The zero-order valence-corrected chi connectivity index (χ0v) is 40.1. The van der Waals surface area contributed by atoms with Gasteiger partial charge in [0, 0.05) is 47.2 Å². The van der Waals surface area contributed by atoms with Crippen LogP contribution in [0.4, 0.5) is 4.79 Å². The van der Waals surface area contributed by atoms with Crippen molar-refractivity contribution in [3.05, 3.63) is 48.6 Å². The van der Waals surface area contributed by atoms with Gasteiger partial charge in [0.25, 0.3) is 0 Å². The molecular formula is C48H72N8O11. The molecule has 2 heterocycles. The third kappa shape index (κ3) is 15.0. The van der Waals surface area contributed by atoms with E-state index in [9.17, 15) is 48.3 Å². The number of carboxylic acid groups (broad SMARTS) is 1. The van der Waals surface area contributed by atoms with Crippen LogP contribution in [0.2, 0.25) is 0 Å². The van der Waals surface area contributed by atoms with Crippen LogP contribution >= 0.6 is 0 Å². The van der Waals surface area contributed by atoms with E-state index in [-0.39, 0.29) is 31.4 Å². The number of carbonyl (C=O) groups excluding carboxylic acids is 8. The standard InChI is InChI=1S/C48H72N8O11/c1-8-26-67-48(66)50-35(27-33-18-12-10-13-19-33)42(60)51-41(31(3)9-2)47(65)53(6)32(4)43(61)56-25-22-37(56)46(64)54(7)38(28-34-20-14-11-15-21-34)45(63)52(5)30-39(57)49-36(29-40(58)59)44(62)55-23-16-17-24-55/h8,10,12-13,18-19,31-32,34-38,41H,1,9,11,14-17,20-30H2,2-7H3,(H,49,57)(H,50,66)(H,51,60)(H,58,59)/t31-,32-,35-,36-,37-,38-,41-/m0/s1.